The van der Waals surface area contributed by atoms with Crippen molar-refractivity contribution in [2.45, 2.75) is 26.3 Å². The number of aromatic nitrogens is 1. The molecule has 3 nitrogen and oxygen atoms in total. The molecule has 0 saturated carbocycles. The predicted molar refractivity (Wildman–Crippen MR) is 69.5 cm³/mol. The highest BCUT2D eigenvalue weighted by Gasteiger charge is 2.14. The van der Waals surface area contributed by atoms with E-state index in [2.05, 4.69) is 31.1 Å². The molecule has 0 amide bonds. The number of nitrogens with one attached hydrogen (secondary N) is 1. The number of nitrogens with two attached hydrogens (primary N) is 1. The first-order valence-corrected chi connectivity index (χ1v) is 5.39. The first-order chi connectivity index (χ1) is 7.47. The van der Waals surface area contributed by atoms with Crippen molar-refractivity contribution in [2.24, 2.45) is 0 Å². The van der Waals surface area contributed by atoms with Crippen molar-refractivity contribution in [1.82, 2.24) is 4.98 Å². The van der Waals surface area contributed by atoms with Crippen LogP contribution in [-0.2, 0) is 0 Å². The minimum Gasteiger partial charge on any atom is -0.397 e. The van der Waals surface area contributed by atoms with Gasteiger partial charge in [0.05, 0.1) is 16.9 Å². The van der Waals surface area contributed by atoms with Gasteiger partial charge in [-0.1, -0.05) is 12.1 Å². The van der Waals surface area contributed by atoms with Crippen LogP contribution >= 0.6 is 0 Å². The zero-order chi connectivity index (χ0) is 11.8. The van der Waals surface area contributed by atoms with Gasteiger partial charge in [-0.05, 0) is 32.9 Å². The van der Waals surface area contributed by atoms with Crippen molar-refractivity contribution >= 4 is 22.3 Å². The van der Waals surface area contributed by atoms with Gasteiger partial charge >= 0.3 is 0 Å². The Morgan fingerprint density at radius 3 is 2.62 bits per heavy atom. The van der Waals surface area contributed by atoms with Gasteiger partial charge in [-0.25, -0.2) is 0 Å². The number of nitrogens with zero attached hydrogens (tertiary/aromatic N) is 1. The van der Waals surface area contributed by atoms with E-state index in [1.165, 1.54) is 0 Å². The molecule has 0 saturated heterocycles. The molecule has 0 atom stereocenters. The molecule has 0 aliphatic carbocycles. The number of rotatable bonds is 1. The third kappa shape index (κ3) is 2.08. The standard InChI is InChI=1S/C13H17N3/c1-13(2,3)16-12-10(14)7-6-9-5-4-8-15-11(9)12/h4-8,16H,14H2,1-3H3. The minimum absolute atomic E-state index is 0.0279. The van der Waals surface area contributed by atoms with E-state index in [1.54, 1.807) is 6.20 Å². The first-order valence-electron chi connectivity index (χ1n) is 5.39. The number of nitrogen functional groups attached to an aromatic ring is 1. The Morgan fingerprint density at radius 1 is 1.19 bits per heavy atom. The molecule has 0 unspecified atom stereocenters. The monoisotopic (exact) mass is 215 g/mol. The number of fused-ring (bicyclic) bond motifs is 1. The maximum Gasteiger partial charge on any atom is 0.0954 e. The fraction of sp³-hybridized carbons (Fsp3) is 0.308. The van der Waals surface area contributed by atoms with E-state index >= 15 is 0 Å². The van der Waals surface area contributed by atoms with Gasteiger partial charge in [0, 0.05) is 17.1 Å². The number of hydrogen-bond donors (Lipinski definition) is 2. The van der Waals surface area contributed by atoms with Crippen LogP contribution in [0.3, 0.4) is 0 Å². The maximum absolute atomic E-state index is 5.99. The Hall–Kier alpha value is -1.77. The SMILES string of the molecule is CC(C)(C)Nc1c(N)ccc2cccnc12. The summed E-state index contributed by atoms with van der Waals surface area (Å²) >= 11 is 0. The van der Waals surface area contributed by atoms with E-state index < -0.39 is 0 Å². The molecule has 2 rings (SSSR count). The molecule has 2 aromatic rings. The summed E-state index contributed by atoms with van der Waals surface area (Å²) in [6.07, 6.45) is 1.79. The second kappa shape index (κ2) is 3.67. The van der Waals surface area contributed by atoms with Gasteiger partial charge in [-0.15, -0.1) is 0 Å². The highest BCUT2D eigenvalue weighted by Crippen LogP contribution is 2.29. The molecule has 16 heavy (non-hydrogen) atoms. The Bertz CT molecular complexity index is 512. The van der Waals surface area contributed by atoms with Crippen LogP contribution in [-0.4, -0.2) is 10.5 Å². The van der Waals surface area contributed by atoms with E-state index in [0.29, 0.717) is 0 Å². The molecule has 1 aromatic heterocycles. The predicted octanol–water partition coefficient (Wildman–Crippen LogP) is 3.03. The summed E-state index contributed by atoms with van der Waals surface area (Å²) in [6.45, 7) is 6.32. The molecular formula is C13H17N3. The minimum atomic E-state index is -0.0279. The highest BCUT2D eigenvalue weighted by atomic mass is 15.0. The Balaban J connectivity index is 2.62. The van der Waals surface area contributed by atoms with Crippen LogP contribution in [0.5, 0.6) is 0 Å². The second-order valence-corrected chi connectivity index (χ2v) is 4.98. The van der Waals surface area contributed by atoms with Gasteiger partial charge in [0.1, 0.15) is 0 Å². The summed E-state index contributed by atoms with van der Waals surface area (Å²) in [7, 11) is 0. The number of hydrogen-bond acceptors (Lipinski definition) is 3. The lowest BCUT2D eigenvalue weighted by atomic mass is 10.1. The van der Waals surface area contributed by atoms with Crippen molar-refractivity contribution in [2.75, 3.05) is 11.1 Å². The molecule has 0 radical (unpaired) electrons. The topological polar surface area (TPSA) is 50.9 Å². The molecule has 1 heterocycles. The number of pyridine rings is 1. The average molecular weight is 215 g/mol. The van der Waals surface area contributed by atoms with Gasteiger partial charge in [0.2, 0.25) is 0 Å². The van der Waals surface area contributed by atoms with Crippen LogP contribution < -0.4 is 11.1 Å². The summed E-state index contributed by atoms with van der Waals surface area (Å²) in [5, 5.41) is 4.51. The van der Waals surface area contributed by atoms with Gasteiger partial charge in [0.25, 0.3) is 0 Å². The zero-order valence-corrected chi connectivity index (χ0v) is 9.91. The Morgan fingerprint density at radius 2 is 1.94 bits per heavy atom. The average Bonchev–Trinajstić information content (AvgIpc) is 2.21. The van der Waals surface area contributed by atoms with Crippen molar-refractivity contribution in [3.05, 3.63) is 30.5 Å². The Kier molecular flexibility index (Phi) is 2.46. The molecule has 0 spiro atoms. The Labute approximate surface area is 95.7 Å². The molecule has 0 aliphatic heterocycles. The van der Waals surface area contributed by atoms with Crippen LogP contribution in [0, 0.1) is 0 Å². The molecule has 3 N–H and O–H groups in total. The molecule has 1 aromatic carbocycles. The fourth-order valence-corrected chi connectivity index (χ4v) is 1.67. The van der Waals surface area contributed by atoms with Gasteiger partial charge in [-0.2, -0.15) is 0 Å². The van der Waals surface area contributed by atoms with E-state index in [-0.39, 0.29) is 5.54 Å². The third-order valence-electron chi connectivity index (χ3n) is 2.31. The van der Waals surface area contributed by atoms with Crippen molar-refractivity contribution in [3.63, 3.8) is 0 Å². The molecule has 0 bridgehead atoms. The van der Waals surface area contributed by atoms with Crippen molar-refractivity contribution < 1.29 is 0 Å². The maximum atomic E-state index is 5.99. The van der Waals surface area contributed by atoms with Crippen LogP contribution in [0.2, 0.25) is 0 Å². The summed E-state index contributed by atoms with van der Waals surface area (Å²) in [5.41, 5.74) is 8.55. The van der Waals surface area contributed by atoms with Crippen molar-refractivity contribution in [1.29, 1.82) is 0 Å². The van der Waals surface area contributed by atoms with Crippen LogP contribution in [0.1, 0.15) is 20.8 Å². The third-order valence-corrected chi connectivity index (χ3v) is 2.31. The van der Waals surface area contributed by atoms with Gasteiger partial charge < -0.3 is 11.1 Å². The lowest BCUT2D eigenvalue weighted by Gasteiger charge is -2.24. The zero-order valence-electron chi connectivity index (χ0n) is 9.91. The van der Waals surface area contributed by atoms with E-state index in [4.69, 9.17) is 5.73 Å². The van der Waals surface area contributed by atoms with Gasteiger partial charge in [0.15, 0.2) is 0 Å². The highest BCUT2D eigenvalue weighted by molar-refractivity contribution is 5.96. The normalized spacial score (nSPS) is 11.7. The summed E-state index contributed by atoms with van der Waals surface area (Å²) < 4.78 is 0. The molecule has 0 fully saturated rings. The van der Waals surface area contributed by atoms with Crippen LogP contribution in [0.4, 0.5) is 11.4 Å². The quantitative estimate of drug-likeness (QED) is 0.719. The largest absolute Gasteiger partial charge is 0.397 e. The first kappa shape index (κ1) is 10.7. The van der Waals surface area contributed by atoms with E-state index in [9.17, 15) is 0 Å². The summed E-state index contributed by atoms with van der Waals surface area (Å²) in [5.74, 6) is 0. The molecule has 3 heteroatoms. The summed E-state index contributed by atoms with van der Waals surface area (Å²) in [6, 6.07) is 7.87. The van der Waals surface area contributed by atoms with Gasteiger partial charge in [-0.3, -0.25) is 4.98 Å². The molecular weight excluding hydrogens is 198 g/mol. The lowest BCUT2D eigenvalue weighted by Crippen LogP contribution is -2.26. The van der Waals surface area contributed by atoms with Crippen LogP contribution in [0.15, 0.2) is 30.5 Å². The smallest absolute Gasteiger partial charge is 0.0954 e. The number of benzene rings is 1. The number of anilines is 2. The van der Waals surface area contributed by atoms with E-state index in [0.717, 1.165) is 22.3 Å². The summed E-state index contributed by atoms with van der Waals surface area (Å²) in [4.78, 5) is 4.38. The molecule has 84 valence electrons. The lowest BCUT2D eigenvalue weighted by molar-refractivity contribution is 0.635. The second-order valence-electron chi connectivity index (χ2n) is 4.98. The van der Waals surface area contributed by atoms with E-state index in [1.807, 2.05) is 24.3 Å². The van der Waals surface area contributed by atoms with Crippen LogP contribution in [0.25, 0.3) is 10.9 Å². The van der Waals surface area contributed by atoms with Crippen molar-refractivity contribution in [3.8, 4) is 0 Å². The molecule has 0 aliphatic rings. The fourth-order valence-electron chi connectivity index (χ4n) is 1.67.